The molecule has 6 heteroatoms. The van der Waals surface area contributed by atoms with Gasteiger partial charge in [-0.2, -0.15) is 0 Å². The van der Waals surface area contributed by atoms with Crippen molar-refractivity contribution in [1.29, 1.82) is 0 Å². The maximum atomic E-state index is 12.5. The van der Waals surface area contributed by atoms with Gasteiger partial charge in [0.2, 0.25) is 0 Å². The minimum atomic E-state index is -1.15. The summed E-state index contributed by atoms with van der Waals surface area (Å²) in [7, 11) is 0. The summed E-state index contributed by atoms with van der Waals surface area (Å²) in [5.74, 6) is -4.35. The lowest BCUT2D eigenvalue weighted by molar-refractivity contribution is -0.155. The van der Waals surface area contributed by atoms with Gasteiger partial charge in [0, 0.05) is 5.92 Å². The van der Waals surface area contributed by atoms with Gasteiger partial charge < -0.3 is 14.6 Å². The van der Waals surface area contributed by atoms with E-state index in [-0.39, 0.29) is 19.0 Å². The Hall–Kier alpha value is -2.63. The van der Waals surface area contributed by atoms with E-state index in [9.17, 15) is 19.5 Å². The Labute approximate surface area is 146 Å². The number of carbonyl (C=O) groups is 3. The normalized spacial score (nSPS) is 22.9. The van der Waals surface area contributed by atoms with Crippen LogP contribution in [0.4, 0.5) is 0 Å². The molecule has 2 rings (SSSR count). The number of carbonyl (C=O) groups excluding carboxylic acids is 3. The van der Waals surface area contributed by atoms with Crippen LogP contribution in [0.2, 0.25) is 0 Å². The molecule has 0 radical (unpaired) electrons. The fraction of sp³-hybridized carbons (Fsp3) is 0.421. The number of phenols is 1. The zero-order valence-corrected chi connectivity index (χ0v) is 14.5. The molecule has 25 heavy (non-hydrogen) atoms. The fourth-order valence-electron chi connectivity index (χ4n) is 3.23. The van der Waals surface area contributed by atoms with E-state index in [1.165, 1.54) is 18.2 Å². The molecule has 134 valence electrons. The third-order valence-electron chi connectivity index (χ3n) is 4.22. The average molecular weight is 346 g/mol. The van der Waals surface area contributed by atoms with Crippen molar-refractivity contribution in [3.8, 4) is 5.75 Å². The number of rotatable bonds is 5. The van der Waals surface area contributed by atoms with E-state index in [2.05, 4.69) is 0 Å². The van der Waals surface area contributed by atoms with Crippen LogP contribution in [0.5, 0.6) is 5.75 Å². The second-order valence-corrected chi connectivity index (χ2v) is 5.87. The number of aromatic hydroxyl groups is 1. The highest BCUT2D eigenvalue weighted by Gasteiger charge is 2.47. The maximum Gasteiger partial charge on any atom is 0.317 e. The van der Waals surface area contributed by atoms with Crippen LogP contribution in [-0.2, 0) is 23.9 Å². The number of phenolic OH excluding ortho intramolecular Hbond substituents is 1. The third kappa shape index (κ3) is 3.90. The van der Waals surface area contributed by atoms with Gasteiger partial charge in [0.05, 0.1) is 19.1 Å². The molecule has 1 aliphatic rings. The van der Waals surface area contributed by atoms with Gasteiger partial charge >= 0.3 is 11.9 Å². The summed E-state index contributed by atoms with van der Waals surface area (Å²) in [5, 5.41) is 9.80. The van der Waals surface area contributed by atoms with Gasteiger partial charge in [-0.05, 0) is 44.5 Å². The maximum absolute atomic E-state index is 12.5. The van der Waals surface area contributed by atoms with Crippen molar-refractivity contribution >= 4 is 17.7 Å². The van der Waals surface area contributed by atoms with Crippen molar-refractivity contribution in [3.63, 3.8) is 0 Å². The number of ketones is 1. The van der Waals surface area contributed by atoms with E-state index in [0.29, 0.717) is 11.1 Å². The summed E-state index contributed by atoms with van der Waals surface area (Å²) in [4.78, 5) is 37.5. The van der Waals surface area contributed by atoms with E-state index in [0.717, 1.165) is 0 Å². The van der Waals surface area contributed by atoms with Crippen molar-refractivity contribution in [2.45, 2.75) is 26.7 Å². The lowest BCUT2D eigenvalue weighted by Gasteiger charge is -2.34. The van der Waals surface area contributed by atoms with E-state index in [1.54, 1.807) is 32.9 Å². The van der Waals surface area contributed by atoms with Crippen LogP contribution in [0, 0.1) is 11.8 Å². The Morgan fingerprint density at radius 2 is 1.68 bits per heavy atom. The quantitative estimate of drug-likeness (QED) is 0.650. The first-order valence-corrected chi connectivity index (χ1v) is 8.24. The van der Waals surface area contributed by atoms with E-state index in [4.69, 9.17) is 9.47 Å². The predicted octanol–water partition coefficient (Wildman–Crippen LogP) is 2.36. The Balaban J connectivity index is 2.59. The lowest BCUT2D eigenvalue weighted by atomic mass is 9.68. The molecule has 0 bridgehead atoms. The van der Waals surface area contributed by atoms with Gasteiger partial charge in [-0.3, -0.25) is 14.4 Å². The van der Waals surface area contributed by atoms with Crippen molar-refractivity contribution < 1.29 is 29.0 Å². The largest absolute Gasteiger partial charge is 0.508 e. The minimum Gasteiger partial charge on any atom is -0.508 e. The molecule has 0 amide bonds. The highest BCUT2D eigenvalue weighted by atomic mass is 16.5. The standard InChI is InChI=1S/C19H22O6/c1-4-24-18(22)15-11(3)9-14(21)17(19(23)25-5-2)16(15)12-7-6-8-13(20)10-12/h6-10,15-17,20H,4-5H2,1-3H3. The van der Waals surface area contributed by atoms with Crippen molar-refractivity contribution in [1.82, 2.24) is 0 Å². The van der Waals surface area contributed by atoms with Crippen LogP contribution < -0.4 is 0 Å². The topological polar surface area (TPSA) is 89.9 Å². The summed E-state index contributed by atoms with van der Waals surface area (Å²) in [6, 6.07) is 6.21. The first kappa shape index (κ1) is 18.7. The molecular weight excluding hydrogens is 324 g/mol. The number of esters is 2. The first-order valence-electron chi connectivity index (χ1n) is 8.24. The zero-order chi connectivity index (χ0) is 18.6. The summed E-state index contributed by atoms with van der Waals surface area (Å²) in [6.45, 7) is 5.32. The lowest BCUT2D eigenvalue weighted by Crippen LogP contribution is -2.41. The Kier molecular flexibility index (Phi) is 5.96. The third-order valence-corrected chi connectivity index (χ3v) is 4.22. The van der Waals surface area contributed by atoms with Gasteiger partial charge in [0.15, 0.2) is 5.78 Å². The summed E-state index contributed by atoms with van der Waals surface area (Å²) in [6.07, 6.45) is 1.31. The zero-order valence-electron chi connectivity index (χ0n) is 14.5. The number of allylic oxidation sites excluding steroid dienone is 1. The molecule has 0 heterocycles. The molecule has 1 aliphatic carbocycles. The van der Waals surface area contributed by atoms with Gasteiger partial charge in [-0.1, -0.05) is 17.7 Å². The fourth-order valence-corrected chi connectivity index (χ4v) is 3.23. The number of ether oxygens (including phenoxy) is 2. The molecule has 0 saturated heterocycles. The molecule has 6 nitrogen and oxygen atoms in total. The predicted molar refractivity (Wildman–Crippen MR) is 89.9 cm³/mol. The summed E-state index contributed by atoms with van der Waals surface area (Å²) < 4.78 is 10.2. The molecule has 1 aromatic rings. The van der Waals surface area contributed by atoms with Crippen molar-refractivity contribution in [3.05, 3.63) is 41.5 Å². The second-order valence-electron chi connectivity index (χ2n) is 5.87. The molecule has 3 unspecified atom stereocenters. The number of hydrogen-bond acceptors (Lipinski definition) is 6. The van der Waals surface area contributed by atoms with Crippen LogP contribution >= 0.6 is 0 Å². The monoisotopic (exact) mass is 346 g/mol. The molecule has 3 atom stereocenters. The Morgan fingerprint density at radius 1 is 1.08 bits per heavy atom. The Bertz CT molecular complexity index is 706. The molecular formula is C19H22O6. The Morgan fingerprint density at radius 3 is 2.24 bits per heavy atom. The molecule has 0 fully saturated rings. The molecule has 1 N–H and O–H groups in total. The smallest absolute Gasteiger partial charge is 0.317 e. The van der Waals surface area contributed by atoms with Crippen LogP contribution in [-0.4, -0.2) is 36.0 Å². The first-order chi connectivity index (χ1) is 11.9. The highest BCUT2D eigenvalue weighted by molar-refractivity contribution is 6.08. The number of hydrogen-bond donors (Lipinski definition) is 1. The summed E-state index contributed by atoms with van der Waals surface area (Å²) >= 11 is 0. The minimum absolute atomic E-state index is 0.0117. The molecule has 0 saturated carbocycles. The van der Waals surface area contributed by atoms with Crippen LogP contribution in [0.3, 0.4) is 0 Å². The van der Waals surface area contributed by atoms with E-state index >= 15 is 0 Å². The average Bonchev–Trinajstić information content (AvgIpc) is 2.54. The summed E-state index contributed by atoms with van der Waals surface area (Å²) in [5.41, 5.74) is 1.04. The SMILES string of the molecule is CCOC(=O)C1C(=O)C=C(C)C(C(=O)OCC)C1c1cccc(O)c1. The van der Waals surface area contributed by atoms with Crippen LogP contribution in [0.15, 0.2) is 35.9 Å². The van der Waals surface area contributed by atoms with Crippen LogP contribution in [0.25, 0.3) is 0 Å². The van der Waals surface area contributed by atoms with Gasteiger partial charge in [-0.15, -0.1) is 0 Å². The van der Waals surface area contributed by atoms with Gasteiger partial charge in [0.1, 0.15) is 11.7 Å². The van der Waals surface area contributed by atoms with E-state index in [1.807, 2.05) is 0 Å². The highest BCUT2D eigenvalue weighted by Crippen LogP contribution is 2.42. The second kappa shape index (κ2) is 7.96. The van der Waals surface area contributed by atoms with Crippen molar-refractivity contribution in [2.75, 3.05) is 13.2 Å². The number of benzene rings is 1. The van der Waals surface area contributed by atoms with E-state index < -0.39 is 35.5 Å². The molecule has 0 aromatic heterocycles. The van der Waals surface area contributed by atoms with Gasteiger partial charge in [-0.25, -0.2) is 0 Å². The van der Waals surface area contributed by atoms with Crippen LogP contribution in [0.1, 0.15) is 32.3 Å². The molecule has 1 aromatic carbocycles. The van der Waals surface area contributed by atoms with Crippen molar-refractivity contribution in [2.24, 2.45) is 11.8 Å². The molecule has 0 spiro atoms. The van der Waals surface area contributed by atoms with Gasteiger partial charge in [0.25, 0.3) is 0 Å². The molecule has 0 aliphatic heterocycles.